The van der Waals surface area contributed by atoms with Crippen LogP contribution in [-0.4, -0.2) is 20.9 Å². The molecule has 1 aromatic heterocycles. The Bertz CT molecular complexity index is 1130. The van der Waals surface area contributed by atoms with Crippen LogP contribution in [0.4, 0.5) is 4.39 Å². The molecule has 0 radical (unpaired) electrons. The second-order valence-electron chi connectivity index (χ2n) is 7.67. The fourth-order valence-electron chi connectivity index (χ4n) is 3.06. The Labute approximate surface area is 166 Å². The summed E-state index contributed by atoms with van der Waals surface area (Å²) in [6.45, 7) is 5.88. The van der Waals surface area contributed by atoms with Gasteiger partial charge in [-0.2, -0.15) is 9.78 Å². The van der Waals surface area contributed by atoms with Gasteiger partial charge in [0.1, 0.15) is 5.82 Å². The molecule has 146 valence electrons. The lowest BCUT2D eigenvalue weighted by Crippen LogP contribution is -2.24. The van der Waals surface area contributed by atoms with Gasteiger partial charge in [-0.15, -0.1) is 0 Å². The molecule has 0 aliphatic heterocycles. The van der Waals surface area contributed by atoms with Crippen molar-refractivity contribution in [3.8, 4) is 5.69 Å². The summed E-state index contributed by atoms with van der Waals surface area (Å²) in [5, 5.41) is 13.9. The summed E-state index contributed by atoms with van der Waals surface area (Å²) < 4.78 is 15.9. The molecule has 7 heteroatoms. The molecule has 0 fully saturated rings. The molecule has 0 saturated carbocycles. The Hall–Kier alpha value is -2.73. The van der Waals surface area contributed by atoms with Gasteiger partial charge in [0, 0.05) is 16.8 Å². The average molecular weight is 403 g/mol. The van der Waals surface area contributed by atoms with Crippen molar-refractivity contribution in [3.05, 3.63) is 68.8 Å². The summed E-state index contributed by atoms with van der Waals surface area (Å²) in [4.78, 5) is 24.0. The van der Waals surface area contributed by atoms with Gasteiger partial charge in [0.05, 0.1) is 17.3 Å². The first-order chi connectivity index (χ1) is 13.1. The van der Waals surface area contributed by atoms with Gasteiger partial charge in [-0.05, 0) is 47.2 Å². The molecule has 2 aromatic carbocycles. The first-order valence-electron chi connectivity index (χ1n) is 8.81. The van der Waals surface area contributed by atoms with Crippen molar-refractivity contribution < 1.29 is 14.3 Å². The highest BCUT2D eigenvalue weighted by Crippen LogP contribution is 2.28. The van der Waals surface area contributed by atoms with Gasteiger partial charge >= 0.3 is 5.97 Å². The number of halogens is 2. The van der Waals surface area contributed by atoms with Crippen LogP contribution >= 0.6 is 11.6 Å². The largest absolute Gasteiger partial charge is 0.481 e. The normalized spacial score (nSPS) is 11.8. The summed E-state index contributed by atoms with van der Waals surface area (Å²) in [6.07, 6.45) is 1.42. The SMILES string of the molecule is CC(C)(C)c1cc(F)c2c(=O)n(-c3cccc(Cl)c3CCC(=O)O)ncc2c1. The molecule has 0 aliphatic carbocycles. The van der Waals surface area contributed by atoms with E-state index in [1.165, 1.54) is 12.3 Å². The molecule has 3 rings (SSSR count). The molecule has 0 bridgehead atoms. The summed E-state index contributed by atoms with van der Waals surface area (Å²) in [6, 6.07) is 8.01. The van der Waals surface area contributed by atoms with E-state index < -0.39 is 17.3 Å². The van der Waals surface area contributed by atoms with Gasteiger partial charge in [-0.1, -0.05) is 38.4 Å². The maximum atomic E-state index is 14.8. The Morgan fingerprint density at radius 2 is 2.00 bits per heavy atom. The number of carbonyl (C=O) groups is 1. The molecular weight excluding hydrogens is 383 g/mol. The van der Waals surface area contributed by atoms with Crippen LogP contribution < -0.4 is 5.56 Å². The second-order valence-corrected chi connectivity index (χ2v) is 8.07. The fraction of sp³-hybridized carbons (Fsp3) is 0.286. The molecular formula is C21H20ClFN2O3. The average Bonchev–Trinajstić information content (AvgIpc) is 2.59. The molecule has 0 atom stereocenters. The number of fused-ring (bicyclic) bond motifs is 1. The van der Waals surface area contributed by atoms with Crippen LogP contribution in [-0.2, 0) is 16.6 Å². The van der Waals surface area contributed by atoms with Crippen molar-refractivity contribution in [3.63, 3.8) is 0 Å². The van der Waals surface area contributed by atoms with E-state index in [0.717, 1.165) is 10.2 Å². The topological polar surface area (TPSA) is 72.2 Å². The highest BCUT2D eigenvalue weighted by Gasteiger charge is 2.20. The number of carboxylic acid groups (broad SMARTS) is 1. The van der Waals surface area contributed by atoms with E-state index in [1.807, 2.05) is 20.8 Å². The van der Waals surface area contributed by atoms with Gasteiger partial charge in [-0.3, -0.25) is 9.59 Å². The highest BCUT2D eigenvalue weighted by molar-refractivity contribution is 6.31. The van der Waals surface area contributed by atoms with E-state index in [1.54, 1.807) is 24.3 Å². The van der Waals surface area contributed by atoms with Crippen LogP contribution in [0.1, 0.15) is 38.3 Å². The molecule has 1 heterocycles. The van der Waals surface area contributed by atoms with Crippen molar-refractivity contribution in [2.45, 2.75) is 39.0 Å². The standard InChI is InChI=1S/C21H20ClFN2O3/c1-21(2,3)13-9-12-11-24-25(20(28)19(12)16(23)10-13)17-6-4-5-15(22)14(17)7-8-18(26)27/h4-6,9-11H,7-8H2,1-3H3,(H,26,27). The number of aliphatic carboxylic acids is 1. The van der Waals surface area contributed by atoms with Crippen LogP contribution in [0.2, 0.25) is 5.02 Å². The van der Waals surface area contributed by atoms with Crippen molar-refractivity contribution in [1.82, 2.24) is 9.78 Å². The molecule has 0 spiro atoms. The van der Waals surface area contributed by atoms with Crippen LogP contribution in [0.15, 0.2) is 41.3 Å². The minimum Gasteiger partial charge on any atom is -0.481 e. The van der Waals surface area contributed by atoms with E-state index in [-0.39, 0.29) is 23.6 Å². The minimum atomic E-state index is -0.981. The molecule has 5 nitrogen and oxygen atoms in total. The Kier molecular flexibility index (Phi) is 5.26. The molecule has 3 aromatic rings. The predicted octanol–water partition coefficient (Wildman–Crippen LogP) is 4.49. The van der Waals surface area contributed by atoms with Gasteiger partial charge < -0.3 is 5.11 Å². The number of hydrogen-bond acceptors (Lipinski definition) is 3. The van der Waals surface area contributed by atoms with Crippen molar-refractivity contribution in [2.75, 3.05) is 0 Å². The summed E-state index contributed by atoms with van der Waals surface area (Å²) >= 11 is 6.23. The zero-order valence-electron chi connectivity index (χ0n) is 15.8. The maximum absolute atomic E-state index is 14.8. The Morgan fingerprint density at radius 3 is 2.64 bits per heavy atom. The quantitative estimate of drug-likeness (QED) is 0.697. The van der Waals surface area contributed by atoms with Crippen LogP contribution in [0, 0.1) is 5.82 Å². The molecule has 0 amide bonds. The molecule has 28 heavy (non-hydrogen) atoms. The lowest BCUT2D eigenvalue weighted by molar-refractivity contribution is -0.136. The summed E-state index contributed by atoms with van der Waals surface area (Å²) in [5.74, 6) is -1.59. The number of benzene rings is 2. The minimum absolute atomic E-state index is 0.0628. The molecule has 0 unspecified atom stereocenters. The first-order valence-corrected chi connectivity index (χ1v) is 9.19. The van der Waals surface area contributed by atoms with Crippen molar-refractivity contribution >= 4 is 28.3 Å². The smallest absolute Gasteiger partial charge is 0.303 e. The van der Waals surface area contributed by atoms with Crippen molar-refractivity contribution in [2.24, 2.45) is 0 Å². The van der Waals surface area contributed by atoms with Crippen molar-refractivity contribution in [1.29, 1.82) is 0 Å². The lowest BCUT2D eigenvalue weighted by atomic mass is 9.86. The predicted molar refractivity (Wildman–Crippen MR) is 107 cm³/mol. The van der Waals surface area contributed by atoms with E-state index in [9.17, 15) is 14.0 Å². The maximum Gasteiger partial charge on any atom is 0.303 e. The van der Waals surface area contributed by atoms with Crippen LogP contribution in [0.3, 0.4) is 0 Å². The third kappa shape index (κ3) is 3.78. The second kappa shape index (κ2) is 7.36. The number of hydrogen-bond donors (Lipinski definition) is 1. The number of rotatable bonds is 4. The molecule has 0 aliphatic rings. The van der Waals surface area contributed by atoms with E-state index in [0.29, 0.717) is 21.7 Å². The van der Waals surface area contributed by atoms with E-state index in [4.69, 9.17) is 16.7 Å². The Morgan fingerprint density at radius 1 is 1.29 bits per heavy atom. The van der Waals surface area contributed by atoms with E-state index in [2.05, 4.69) is 5.10 Å². The van der Waals surface area contributed by atoms with Gasteiger partial charge in [0.2, 0.25) is 0 Å². The third-order valence-electron chi connectivity index (χ3n) is 4.62. The zero-order valence-corrected chi connectivity index (χ0v) is 16.5. The van der Waals surface area contributed by atoms with Gasteiger partial charge in [0.15, 0.2) is 0 Å². The number of nitrogens with zero attached hydrogens (tertiary/aromatic N) is 2. The first kappa shape index (κ1) is 20.0. The number of aromatic nitrogens is 2. The van der Waals surface area contributed by atoms with Crippen LogP contribution in [0.5, 0.6) is 0 Å². The fourth-order valence-corrected chi connectivity index (χ4v) is 3.33. The molecule has 0 saturated heterocycles. The van der Waals surface area contributed by atoms with Gasteiger partial charge in [-0.25, -0.2) is 4.39 Å². The lowest BCUT2D eigenvalue weighted by Gasteiger charge is -2.20. The van der Waals surface area contributed by atoms with Crippen LogP contribution in [0.25, 0.3) is 16.5 Å². The monoisotopic (exact) mass is 402 g/mol. The highest BCUT2D eigenvalue weighted by atomic mass is 35.5. The summed E-state index contributed by atoms with van der Waals surface area (Å²) in [7, 11) is 0. The summed E-state index contributed by atoms with van der Waals surface area (Å²) in [5.41, 5.74) is 0.698. The molecule has 1 N–H and O–H groups in total. The van der Waals surface area contributed by atoms with Gasteiger partial charge in [0.25, 0.3) is 5.56 Å². The third-order valence-corrected chi connectivity index (χ3v) is 4.97. The van der Waals surface area contributed by atoms with E-state index >= 15 is 0 Å². The Balaban J connectivity index is 2.23. The zero-order chi connectivity index (χ0) is 20.6. The number of carboxylic acids is 1.